The molecule has 1 aliphatic rings. The lowest BCUT2D eigenvalue weighted by Gasteiger charge is -2.27. The summed E-state index contributed by atoms with van der Waals surface area (Å²) >= 11 is 1.52. The summed E-state index contributed by atoms with van der Waals surface area (Å²) in [6.45, 7) is 3.46. The third-order valence-electron chi connectivity index (χ3n) is 5.31. The lowest BCUT2D eigenvalue weighted by atomic mass is 9.89. The number of aliphatic imine (C=N–C) groups is 1. The van der Waals surface area contributed by atoms with Gasteiger partial charge in [-0.05, 0) is 48.4 Å². The fraction of sp³-hybridized carbons (Fsp3) is 0.200. The normalized spacial score (nSPS) is 16.1. The number of nitrogens with zero attached hydrogens (tertiary/aromatic N) is 1. The minimum atomic E-state index is -0.476. The Bertz CT molecular complexity index is 1200. The van der Waals surface area contributed by atoms with Gasteiger partial charge in [-0.15, -0.1) is 0 Å². The number of carbonyl (C=O) groups is 1. The van der Waals surface area contributed by atoms with Crippen molar-refractivity contribution in [3.8, 4) is 5.75 Å². The maximum Gasteiger partial charge on any atom is 0.162 e. The van der Waals surface area contributed by atoms with E-state index in [4.69, 9.17) is 9.73 Å². The van der Waals surface area contributed by atoms with E-state index >= 15 is 0 Å². The Morgan fingerprint density at radius 3 is 2.58 bits per heavy atom. The van der Waals surface area contributed by atoms with Gasteiger partial charge in [0.2, 0.25) is 0 Å². The van der Waals surface area contributed by atoms with Crippen molar-refractivity contribution in [1.82, 2.24) is 5.32 Å². The van der Waals surface area contributed by atoms with Gasteiger partial charge in [-0.1, -0.05) is 54.2 Å². The number of thioether (sulfide) groups is 1. The molecule has 0 spiro atoms. The summed E-state index contributed by atoms with van der Waals surface area (Å²) in [7, 11) is 1.63. The molecule has 4 nitrogen and oxygen atoms in total. The molecule has 0 saturated carbocycles. The molecule has 6 heteroatoms. The molecule has 0 aromatic heterocycles. The number of carbonyl (C=O) groups excluding carboxylic acids is 1. The van der Waals surface area contributed by atoms with Gasteiger partial charge >= 0.3 is 0 Å². The Labute approximate surface area is 185 Å². The van der Waals surface area contributed by atoms with Crippen LogP contribution in [0.4, 0.5) is 4.39 Å². The maximum atomic E-state index is 13.2. The van der Waals surface area contributed by atoms with Gasteiger partial charge < -0.3 is 10.1 Å². The highest BCUT2D eigenvalue weighted by molar-refractivity contribution is 8.13. The zero-order valence-corrected chi connectivity index (χ0v) is 18.4. The summed E-state index contributed by atoms with van der Waals surface area (Å²) in [4.78, 5) is 17.5. The number of nitrogens with one attached hydrogen (secondary N) is 1. The minimum Gasteiger partial charge on any atom is -0.496 e. The van der Waals surface area contributed by atoms with E-state index in [0.717, 1.165) is 27.6 Å². The third-order valence-corrected chi connectivity index (χ3v) is 6.27. The number of amidine groups is 1. The van der Waals surface area contributed by atoms with E-state index < -0.39 is 6.04 Å². The van der Waals surface area contributed by atoms with Gasteiger partial charge in [-0.25, -0.2) is 9.38 Å². The Morgan fingerprint density at radius 1 is 1.13 bits per heavy atom. The van der Waals surface area contributed by atoms with Crippen LogP contribution in [0.1, 0.15) is 31.0 Å². The molecule has 31 heavy (non-hydrogen) atoms. The zero-order chi connectivity index (χ0) is 22.0. The third kappa shape index (κ3) is 4.35. The molecule has 3 aromatic carbocycles. The topological polar surface area (TPSA) is 50.7 Å². The van der Waals surface area contributed by atoms with Crippen LogP contribution in [0.3, 0.4) is 0 Å². The zero-order valence-electron chi connectivity index (χ0n) is 17.6. The van der Waals surface area contributed by atoms with Crippen molar-refractivity contribution in [3.63, 3.8) is 0 Å². The van der Waals surface area contributed by atoms with Crippen molar-refractivity contribution >= 4 is 33.5 Å². The Kier molecular flexibility index (Phi) is 6.09. The van der Waals surface area contributed by atoms with E-state index in [2.05, 4.69) is 5.32 Å². The number of allylic oxidation sites excluding steroid dienone is 1. The molecule has 1 heterocycles. The summed E-state index contributed by atoms with van der Waals surface area (Å²) in [5.74, 6) is 1.05. The summed E-state index contributed by atoms with van der Waals surface area (Å²) in [5, 5.41) is 6.06. The second-order valence-corrected chi connectivity index (χ2v) is 8.34. The number of Topliss-reactive ketones (excluding diaryl/α,β-unsaturated/α-hetero) is 1. The van der Waals surface area contributed by atoms with Crippen LogP contribution in [0.15, 0.2) is 76.9 Å². The first kappa shape index (κ1) is 21.1. The molecule has 1 atom stereocenters. The van der Waals surface area contributed by atoms with Gasteiger partial charge in [0.1, 0.15) is 17.6 Å². The SMILES string of the molecule is COc1ccc2ccccc2c1[C@H]1N=C(SCc2ccc(F)cc2)NC(C)=C1C(C)=O. The molecule has 0 amide bonds. The highest BCUT2D eigenvalue weighted by Crippen LogP contribution is 2.41. The van der Waals surface area contributed by atoms with Crippen LogP contribution in [0, 0.1) is 5.82 Å². The van der Waals surface area contributed by atoms with Gasteiger partial charge in [0.15, 0.2) is 11.0 Å². The Balaban J connectivity index is 1.77. The summed E-state index contributed by atoms with van der Waals surface area (Å²) < 4.78 is 18.9. The number of ether oxygens (including phenoxy) is 1. The molecule has 0 saturated heterocycles. The molecule has 0 fully saturated rings. The van der Waals surface area contributed by atoms with E-state index in [-0.39, 0.29) is 11.6 Å². The van der Waals surface area contributed by atoms with E-state index in [0.29, 0.717) is 22.2 Å². The monoisotopic (exact) mass is 434 g/mol. The second-order valence-electron chi connectivity index (χ2n) is 7.37. The molecule has 0 aliphatic carbocycles. The predicted octanol–water partition coefficient (Wildman–Crippen LogP) is 5.78. The van der Waals surface area contributed by atoms with Crippen molar-refractivity contribution in [2.75, 3.05) is 7.11 Å². The quantitative estimate of drug-likeness (QED) is 0.553. The van der Waals surface area contributed by atoms with Crippen LogP contribution in [0.25, 0.3) is 10.8 Å². The van der Waals surface area contributed by atoms with Crippen molar-refractivity contribution < 1.29 is 13.9 Å². The average Bonchev–Trinajstić information content (AvgIpc) is 2.77. The number of halogens is 1. The van der Waals surface area contributed by atoms with Crippen LogP contribution in [-0.2, 0) is 10.5 Å². The number of rotatable bonds is 5. The van der Waals surface area contributed by atoms with Crippen molar-refractivity contribution in [1.29, 1.82) is 0 Å². The number of methoxy groups -OCH3 is 1. The lowest BCUT2D eigenvalue weighted by Crippen LogP contribution is -2.29. The van der Waals surface area contributed by atoms with Crippen molar-refractivity contribution in [3.05, 3.63) is 88.9 Å². The first-order chi connectivity index (χ1) is 15.0. The van der Waals surface area contributed by atoms with Gasteiger partial charge in [-0.2, -0.15) is 0 Å². The Hall–Kier alpha value is -3.12. The molecule has 158 valence electrons. The molecule has 0 bridgehead atoms. The number of fused-ring (bicyclic) bond motifs is 1. The fourth-order valence-electron chi connectivity index (χ4n) is 3.85. The molecule has 1 aliphatic heterocycles. The number of ketones is 1. The van der Waals surface area contributed by atoms with Crippen molar-refractivity contribution in [2.24, 2.45) is 4.99 Å². The fourth-order valence-corrected chi connectivity index (χ4v) is 4.75. The molecule has 1 N–H and O–H groups in total. The maximum absolute atomic E-state index is 13.2. The first-order valence-electron chi connectivity index (χ1n) is 9.97. The summed E-state index contributed by atoms with van der Waals surface area (Å²) in [6, 6.07) is 17.9. The van der Waals surface area contributed by atoms with E-state index in [1.807, 2.05) is 43.3 Å². The number of benzene rings is 3. The number of hydrogen-bond acceptors (Lipinski definition) is 5. The van der Waals surface area contributed by atoms with Gasteiger partial charge in [0.05, 0.1) is 7.11 Å². The molecule has 3 aromatic rings. The predicted molar refractivity (Wildman–Crippen MR) is 125 cm³/mol. The molecule has 4 rings (SSSR count). The van der Waals surface area contributed by atoms with Crippen LogP contribution in [-0.4, -0.2) is 18.1 Å². The van der Waals surface area contributed by atoms with E-state index in [1.165, 1.54) is 23.9 Å². The van der Waals surface area contributed by atoms with Crippen molar-refractivity contribution in [2.45, 2.75) is 25.6 Å². The minimum absolute atomic E-state index is 0.0312. The smallest absolute Gasteiger partial charge is 0.162 e. The lowest BCUT2D eigenvalue weighted by molar-refractivity contribution is -0.113. The van der Waals surface area contributed by atoms with Crippen LogP contribution in [0.5, 0.6) is 5.75 Å². The average molecular weight is 435 g/mol. The van der Waals surface area contributed by atoms with Gasteiger partial charge in [0, 0.05) is 22.6 Å². The number of hydrogen-bond donors (Lipinski definition) is 1. The highest BCUT2D eigenvalue weighted by Gasteiger charge is 2.30. The van der Waals surface area contributed by atoms with Crippen LogP contribution < -0.4 is 10.1 Å². The Morgan fingerprint density at radius 2 is 1.87 bits per heavy atom. The molecule has 0 radical (unpaired) electrons. The van der Waals surface area contributed by atoms with Crippen LogP contribution >= 0.6 is 11.8 Å². The van der Waals surface area contributed by atoms with E-state index in [9.17, 15) is 9.18 Å². The van der Waals surface area contributed by atoms with E-state index in [1.54, 1.807) is 26.2 Å². The first-order valence-corrected chi connectivity index (χ1v) is 11.0. The molecule has 0 unspecified atom stereocenters. The van der Waals surface area contributed by atoms with Gasteiger partial charge in [0.25, 0.3) is 0 Å². The standard InChI is InChI=1S/C25H23FN2O2S/c1-15-22(16(2)29)24(23-20-7-5-4-6-18(20)10-13-21(23)30-3)28-25(27-15)31-14-17-8-11-19(26)12-9-17/h4-13,24H,14H2,1-3H3,(H,27,28)/t24-/m0/s1. The highest BCUT2D eigenvalue weighted by atomic mass is 32.2. The molecular weight excluding hydrogens is 411 g/mol. The second kappa shape index (κ2) is 8.94. The summed E-state index contributed by atoms with van der Waals surface area (Å²) in [5.41, 5.74) is 3.28. The van der Waals surface area contributed by atoms with Crippen LogP contribution in [0.2, 0.25) is 0 Å². The largest absolute Gasteiger partial charge is 0.496 e. The molecular formula is C25H23FN2O2S. The summed E-state index contributed by atoms with van der Waals surface area (Å²) in [6.07, 6.45) is 0. The van der Waals surface area contributed by atoms with Gasteiger partial charge in [-0.3, -0.25) is 4.79 Å².